The van der Waals surface area contributed by atoms with Gasteiger partial charge in [-0.2, -0.15) is 24.6 Å². The SMILES string of the molecule is Cc1cc2c(cc1C)N([C@@]([NH3+])(CCc1ccccc1)c1ccccc1)C1C(=O)NC(=O)N=C1N2C[C@H](O)[C@H](O)[C@H](O)CO[P+](O)(O)O[P+](O)(O)OC[C@H]1O[C@@H](n2cnc3c(N)ncnc32)[C@H](O)[C@@H]1O. The van der Waals surface area contributed by atoms with Crippen LogP contribution >= 0.6 is 16.3 Å². The molecule has 27 heteroatoms. The number of fused-ring (bicyclic) bond motifs is 3. The van der Waals surface area contributed by atoms with Crippen molar-refractivity contribution in [3.63, 3.8) is 0 Å². The topological polar surface area (TPSA) is 381 Å². The van der Waals surface area contributed by atoms with E-state index in [0.29, 0.717) is 24.2 Å². The number of nitrogens with zero attached hydrogens (tertiary/aromatic N) is 7. The number of amidine groups is 1. The van der Waals surface area contributed by atoms with Gasteiger partial charge in [0.2, 0.25) is 0 Å². The Morgan fingerprint density at radius 2 is 1.54 bits per heavy atom. The van der Waals surface area contributed by atoms with Crippen LogP contribution in [0.1, 0.15) is 34.9 Å². The number of hydrogen-bond donors (Lipinski definition) is 12. The Morgan fingerprint density at radius 1 is 0.884 bits per heavy atom. The number of aromatic nitrogens is 4. The highest BCUT2D eigenvalue weighted by molar-refractivity contribution is 7.68. The summed E-state index contributed by atoms with van der Waals surface area (Å²) in [5, 5.41) is 57.4. The van der Waals surface area contributed by atoms with Crippen molar-refractivity contribution in [2.24, 2.45) is 4.99 Å². The van der Waals surface area contributed by atoms with E-state index in [0.717, 1.165) is 28.6 Å². The average Bonchev–Trinajstić information content (AvgIpc) is 3.87. The summed E-state index contributed by atoms with van der Waals surface area (Å²) < 4.78 is 21.3. The number of nitrogen functional groups attached to an aromatic ring is 1. The number of anilines is 3. The summed E-state index contributed by atoms with van der Waals surface area (Å²) in [6.45, 7) is 1.10. The molecule has 5 aromatic rings. The number of hydrogen-bond acceptors (Lipinski definition) is 21. The monoisotopic (exact) mass is 999 g/mol. The smallest absolute Gasteiger partial charge is 0.388 e. The van der Waals surface area contributed by atoms with E-state index < -0.39 is 103 Å². The third kappa shape index (κ3) is 10.3. The van der Waals surface area contributed by atoms with Crippen LogP contribution < -0.4 is 26.6 Å². The van der Waals surface area contributed by atoms with Crippen LogP contribution in [-0.4, -0.2) is 145 Å². The fraction of sp³-hybridized carbons (Fsp3) is 0.381. The number of urea groups is 1. The molecule has 8 rings (SSSR count). The van der Waals surface area contributed by atoms with Crippen LogP contribution in [-0.2, 0) is 35.0 Å². The molecular formula is C42H53N10O15P2+3. The number of nitrogens with two attached hydrogens (primary N) is 1. The molecule has 3 aliphatic rings. The molecule has 0 spiro atoms. The molecule has 1 saturated heterocycles. The third-order valence-electron chi connectivity index (χ3n) is 12.2. The second-order valence-corrected chi connectivity index (χ2v) is 20.0. The van der Waals surface area contributed by atoms with Crippen LogP contribution in [0.4, 0.5) is 22.0 Å². The number of nitrogens with one attached hydrogen (secondary N) is 1. The van der Waals surface area contributed by atoms with Gasteiger partial charge in [-0.05, 0) is 49.1 Å². The summed E-state index contributed by atoms with van der Waals surface area (Å²) >= 11 is 0. The number of imidazole rings is 1. The van der Waals surface area contributed by atoms with Gasteiger partial charge in [0.05, 0.1) is 28.6 Å². The number of carbonyl (C=O) groups excluding carboxylic acids is 2. The average molecular weight is 1000 g/mol. The predicted molar refractivity (Wildman–Crippen MR) is 246 cm³/mol. The van der Waals surface area contributed by atoms with E-state index in [1.165, 1.54) is 15.8 Å². The molecular weight excluding hydrogens is 946 g/mol. The van der Waals surface area contributed by atoms with Gasteiger partial charge in [0.25, 0.3) is 5.91 Å². The van der Waals surface area contributed by atoms with E-state index in [-0.39, 0.29) is 22.8 Å². The molecule has 1 unspecified atom stereocenters. The lowest BCUT2D eigenvalue weighted by Crippen LogP contribution is -2.83. The van der Waals surface area contributed by atoms with Crippen molar-refractivity contribution < 1.29 is 78.5 Å². The van der Waals surface area contributed by atoms with Crippen LogP contribution in [0.3, 0.4) is 0 Å². The van der Waals surface area contributed by atoms with E-state index >= 15 is 0 Å². The minimum atomic E-state index is -5.30. The summed E-state index contributed by atoms with van der Waals surface area (Å²) in [6, 6.07) is 20.4. The minimum Gasteiger partial charge on any atom is -0.388 e. The highest BCUT2D eigenvalue weighted by Crippen LogP contribution is 2.70. The highest BCUT2D eigenvalue weighted by atomic mass is 31.3. The van der Waals surface area contributed by atoms with Crippen molar-refractivity contribution in [3.8, 4) is 0 Å². The molecule has 5 heterocycles. The number of amides is 3. The van der Waals surface area contributed by atoms with E-state index in [1.54, 1.807) is 6.07 Å². The number of β-amino-alcohol motifs (C(OH)–C–C–N with tert-alkyl or cyclic N) is 1. The lowest BCUT2D eigenvalue weighted by Gasteiger charge is -2.51. The first-order valence-corrected chi connectivity index (χ1v) is 24.5. The molecule has 15 N–H and O–H groups in total. The zero-order valence-electron chi connectivity index (χ0n) is 37.0. The lowest BCUT2D eigenvalue weighted by atomic mass is 9.86. The van der Waals surface area contributed by atoms with Crippen molar-refractivity contribution in [2.45, 2.75) is 81.2 Å². The summed E-state index contributed by atoms with van der Waals surface area (Å²) in [4.78, 5) is 88.5. The maximum atomic E-state index is 14.1. The Hall–Kier alpha value is -5.28. The Labute approximate surface area is 394 Å². The summed E-state index contributed by atoms with van der Waals surface area (Å²) in [5.74, 6) is -0.795. The van der Waals surface area contributed by atoms with Crippen molar-refractivity contribution in [1.82, 2.24) is 24.8 Å². The Morgan fingerprint density at radius 3 is 2.23 bits per heavy atom. The summed E-state index contributed by atoms with van der Waals surface area (Å²) in [5.41, 5.74) is 14.0. The van der Waals surface area contributed by atoms with Gasteiger partial charge in [-0.3, -0.25) is 19.6 Å². The van der Waals surface area contributed by atoms with E-state index in [2.05, 4.69) is 29.6 Å². The number of aliphatic hydroxyl groups is 5. The molecule has 3 aromatic carbocycles. The van der Waals surface area contributed by atoms with Gasteiger partial charge in [0, 0.05) is 12.0 Å². The number of aliphatic imine (C=N–C) groups is 1. The molecule has 0 bridgehead atoms. The highest BCUT2D eigenvalue weighted by Gasteiger charge is 2.62. The normalized spacial score (nSPS) is 23.0. The molecule has 3 aliphatic heterocycles. The molecule has 2 aromatic heterocycles. The molecule has 3 amide bonds. The molecule has 25 nitrogen and oxygen atoms in total. The summed E-state index contributed by atoms with van der Waals surface area (Å²) in [6.07, 6.45) is -8.87. The van der Waals surface area contributed by atoms with Crippen molar-refractivity contribution in [2.75, 3.05) is 35.3 Å². The lowest BCUT2D eigenvalue weighted by molar-refractivity contribution is -0.489. The van der Waals surface area contributed by atoms with Crippen molar-refractivity contribution in [1.29, 1.82) is 0 Å². The fourth-order valence-electron chi connectivity index (χ4n) is 8.53. The number of benzene rings is 3. The second kappa shape index (κ2) is 19.8. The van der Waals surface area contributed by atoms with Crippen molar-refractivity contribution >= 4 is 62.5 Å². The number of aliphatic hydroxyl groups excluding tert-OH is 5. The molecule has 0 aliphatic carbocycles. The molecule has 368 valence electrons. The van der Waals surface area contributed by atoms with Gasteiger partial charge in [-0.25, -0.2) is 19.7 Å². The van der Waals surface area contributed by atoms with Gasteiger partial charge in [-0.15, -0.1) is 9.05 Å². The Balaban J connectivity index is 0.959. The Bertz CT molecular complexity index is 2710. The van der Waals surface area contributed by atoms with Crippen LogP contribution in [0.2, 0.25) is 0 Å². The van der Waals surface area contributed by atoms with Crippen LogP contribution in [0.5, 0.6) is 0 Å². The molecule has 0 radical (unpaired) electrons. The van der Waals surface area contributed by atoms with Crippen LogP contribution in [0.15, 0.2) is 90.4 Å². The number of imide groups is 1. The number of carbonyl (C=O) groups is 2. The van der Waals surface area contributed by atoms with E-state index in [1.807, 2.05) is 85.5 Å². The first-order chi connectivity index (χ1) is 32.7. The van der Waals surface area contributed by atoms with E-state index in [4.69, 9.17) is 25.3 Å². The minimum absolute atomic E-state index is 0.0407. The number of quaternary nitrogens is 1. The quantitative estimate of drug-likeness (QED) is 0.0477. The zero-order chi connectivity index (χ0) is 49.6. The fourth-order valence-corrected chi connectivity index (χ4v) is 10.7. The zero-order valence-corrected chi connectivity index (χ0v) is 38.8. The van der Waals surface area contributed by atoms with Gasteiger partial charge in [-0.1, -0.05) is 60.7 Å². The Kier molecular flexibility index (Phi) is 14.4. The maximum absolute atomic E-state index is 14.1. The molecule has 69 heavy (non-hydrogen) atoms. The predicted octanol–water partition coefficient (Wildman–Crippen LogP) is -0.827. The van der Waals surface area contributed by atoms with E-state index in [9.17, 15) is 54.7 Å². The molecule has 9 atom stereocenters. The summed E-state index contributed by atoms with van der Waals surface area (Å²) in [7, 11) is -10.5. The van der Waals surface area contributed by atoms with Gasteiger partial charge in [0.1, 0.15) is 67.5 Å². The van der Waals surface area contributed by atoms with Gasteiger partial charge < -0.3 is 46.6 Å². The first kappa shape index (κ1) is 50.1. The number of aryl methyl sites for hydroxylation is 3. The molecule has 0 saturated carbocycles. The van der Waals surface area contributed by atoms with Crippen molar-refractivity contribution in [3.05, 3.63) is 108 Å². The standard InChI is InChI=1S/C42H51N10O15P2/c1-22-15-26-27(16-23(22)2)52(42(44,25-11-7-4-8-12-25)14-13-24-9-5-3-6-10-24)32-38(48-41(59)49-39(32)58)50(26)17-28(53)33(55)29(54)18-64-68(60,61)67-69(62,63)65-19-30-34(56)35(57)40(66-30)51-21-47-31-36(43)45-20-46-37(31)51/h3-12,15-16,20-21,28-30,32-35,40,53-57,60-63H,13-14,17-19,44H2,1-2H3,(H2-,43,45,46,49,58,59)/q+1/p+2/t28-,29+,30+,32?,33-,34+,35+,40+,42-/m0/s1. The first-order valence-electron chi connectivity index (χ1n) is 21.4. The number of rotatable bonds is 18. The van der Waals surface area contributed by atoms with Gasteiger partial charge in [0.15, 0.2) is 29.4 Å². The van der Waals surface area contributed by atoms with Gasteiger partial charge >= 0.3 is 22.4 Å². The molecule has 1 fully saturated rings. The largest absolute Gasteiger partial charge is 0.620 e. The second-order valence-electron chi connectivity index (χ2n) is 16.9. The van der Waals surface area contributed by atoms with Crippen LogP contribution in [0.25, 0.3) is 11.2 Å². The maximum Gasteiger partial charge on any atom is 0.620 e. The third-order valence-corrected chi connectivity index (χ3v) is 14.9. The number of ether oxygens (including phenoxy) is 1. The van der Waals surface area contributed by atoms with Crippen LogP contribution in [0, 0.1) is 13.8 Å².